The van der Waals surface area contributed by atoms with E-state index in [1.807, 2.05) is 49.4 Å². The van der Waals surface area contributed by atoms with Gasteiger partial charge in [0.15, 0.2) is 0 Å². The molecular weight excluding hydrogens is 454 g/mol. The minimum Gasteiger partial charge on any atom is -0.383 e. The van der Waals surface area contributed by atoms with Crippen LogP contribution in [0.15, 0.2) is 65.7 Å². The molecule has 3 rings (SSSR count). The van der Waals surface area contributed by atoms with E-state index in [2.05, 4.69) is 10.6 Å². The van der Waals surface area contributed by atoms with Crippen LogP contribution in [-0.2, 0) is 24.2 Å². The highest BCUT2D eigenvalue weighted by atomic mass is 35.5. The van der Waals surface area contributed by atoms with Gasteiger partial charge in [0.2, 0.25) is 5.43 Å². The molecule has 178 valence electrons. The Morgan fingerprint density at radius 3 is 2.29 bits per heavy atom. The number of halogens is 1. The summed E-state index contributed by atoms with van der Waals surface area (Å²) in [4.78, 5) is 38.7. The first-order valence-corrected chi connectivity index (χ1v) is 11.3. The van der Waals surface area contributed by atoms with Gasteiger partial charge in [0.1, 0.15) is 11.1 Å². The number of nitrogens with one attached hydrogen (secondary N) is 2. The Bertz CT molecular complexity index is 1210. The summed E-state index contributed by atoms with van der Waals surface area (Å²) in [6, 6.07) is 15.1. The summed E-state index contributed by atoms with van der Waals surface area (Å²) in [5.74, 6) is -1.07. The van der Waals surface area contributed by atoms with Crippen molar-refractivity contribution in [2.24, 2.45) is 0 Å². The first kappa shape index (κ1) is 25.2. The zero-order valence-electron chi connectivity index (χ0n) is 19.3. The van der Waals surface area contributed by atoms with E-state index in [-0.39, 0.29) is 17.7 Å². The third kappa shape index (κ3) is 7.04. The Morgan fingerprint density at radius 1 is 0.971 bits per heavy atom. The molecule has 1 aromatic heterocycles. The lowest BCUT2D eigenvalue weighted by Gasteiger charge is -2.13. The van der Waals surface area contributed by atoms with Gasteiger partial charge in [-0.05, 0) is 36.6 Å². The molecule has 0 unspecified atom stereocenters. The lowest BCUT2D eigenvalue weighted by molar-refractivity contribution is 0.0948. The van der Waals surface area contributed by atoms with Crippen LogP contribution in [0.1, 0.15) is 37.4 Å². The predicted octanol–water partition coefficient (Wildman–Crippen LogP) is 3.36. The molecular formula is C26H28ClN3O4. The van der Waals surface area contributed by atoms with Gasteiger partial charge in [-0.25, -0.2) is 0 Å². The smallest absolute Gasteiger partial charge is 0.257 e. The Labute approximate surface area is 203 Å². The lowest BCUT2D eigenvalue weighted by atomic mass is 10.1. The van der Waals surface area contributed by atoms with Gasteiger partial charge in [0, 0.05) is 44.2 Å². The normalized spacial score (nSPS) is 10.7. The topological polar surface area (TPSA) is 89.4 Å². The van der Waals surface area contributed by atoms with Crippen LogP contribution in [0.25, 0.3) is 0 Å². The van der Waals surface area contributed by atoms with Crippen LogP contribution in [0.2, 0.25) is 5.02 Å². The number of benzene rings is 2. The summed E-state index contributed by atoms with van der Waals surface area (Å²) >= 11 is 6.00. The lowest BCUT2D eigenvalue weighted by Crippen LogP contribution is -2.36. The molecule has 7 nitrogen and oxygen atoms in total. The molecule has 0 bridgehead atoms. The van der Waals surface area contributed by atoms with E-state index in [0.717, 1.165) is 16.7 Å². The van der Waals surface area contributed by atoms with Crippen LogP contribution in [0.5, 0.6) is 0 Å². The van der Waals surface area contributed by atoms with Gasteiger partial charge in [0.05, 0.1) is 6.61 Å². The van der Waals surface area contributed by atoms with Crippen LogP contribution < -0.4 is 16.1 Å². The van der Waals surface area contributed by atoms with E-state index in [4.69, 9.17) is 16.3 Å². The van der Waals surface area contributed by atoms with Crippen molar-refractivity contribution in [1.29, 1.82) is 0 Å². The molecule has 0 spiro atoms. The van der Waals surface area contributed by atoms with Crippen molar-refractivity contribution >= 4 is 23.4 Å². The zero-order chi connectivity index (χ0) is 24.5. The van der Waals surface area contributed by atoms with Crippen molar-refractivity contribution in [2.45, 2.75) is 26.4 Å². The number of ether oxygens (including phenoxy) is 1. The molecule has 8 heteroatoms. The van der Waals surface area contributed by atoms with E-state index in [9.17, 15) is 14.4 Å². The highest BCUT2D eigenvalue weighted by Gasteiger charge is 2.19. The number of amides is 2. The van der Waals surface area contributed by atoms with Crippen molar-refractivity contribution in [3.63, 3.8) is 0 Å². The van der Waals surface area contributed by atoms with Crippen molar-refractivity contribution in [3.05, 3.63) is 104 Å². The molecule has 34 heavy (non-hydrogen) atoms. The maximum Gasteiger partial charge on any atom is 0.257 e. The third-order valence-corrected chi connectivity index (χ3v) is 5.52. The molecule has 0 fully saturated rings. The quantitative estimate of drug-likeness (QED) is 0.464. The second kappa shape index (κ2) is 12.2. The summed E-state index contributed by atoms with van der Waals surface area (Å²) in [5, 5.41) is 6.15. The molecule has 0 aliphatic carbocycles. The molecule has 0 aliphatic heterocycles. The summed E-state index contributed by atoms with van der Waals surface area (Å²) in [5.41, 5.74) is 2.19. The first-order valence-electron chi connectivity index (χ1n) is 11.0. The highest BCUT2D eigenvalue weighted by Crippen LogP contribution is 2.11. The number of nitrogens with zero attached hydrogens (tertiary/aromatic N) is 1. The average molecular weight is 482 g/mol. The molecule has 0 atom stereocenters. The van der Waals surface area contributed by atoms with Gasteiger partial charge >= 0.3 is 0 Å². The van der Waals surface area contributed by atoms with Crippen LogP contribution in [0.4, 0.5) is 0 Å². The number of pyridine rings is 1. The Kier molecular flexibility index (Phi) is 9.01. The van der Waals surface area contributed by atoms with E-state index in [1.165, 1.54) is 12.4 Å². The van der Waals surface area contributed by atoms with Crippen LogP contribution in [0.3, 0.4) is 0 Å². The molecule has 2 amide bonds. The predicted molar refractivity (Wildman–Crippen MR) is 132 cm³/mol. The third-order valence-electron chi connectivity index (χ3n) is 5.28. The molecule has 3 aromatic rings. The SMILES string of the molecule is COCCn1cc(C(=O)NCCc2cccc(Cl)c2)c(=O)c(C(=O)NCc2ccc(C)cc2)c1. The molecule has 0 saturated heterocycles. The number of carbonyl (C=O) groups excluding carboxylic acids is 2. The van der Waals surface area contributed by atoms with Crippen LogP contribution in [-0.4, -0.2) is 36.6 Å². The van der Waals surface area contributed by atoms with E-state index >= 15 is 0 Å². The second-order valence-electron chi connectivity index (χ2n) is 7.95. The van der Waals surface area contributed by atoms with E-state index < -0.39 is 17.2 Å². The number of carbonyl (C=O) groups is 2. The van der Waals surface area contributed by atoms with Gasteiger partial charge in [-0.3, -0.25) is 14.4 Å². The molecule has 0 saturated carbocycles. The second-order valence-corrected chi connectivity index (χ2v) is 8.39. The first-order chi connectivity index (χ1) is 16.4. The van der Waals surface area contributed by atoms with E-state index in [1.54, 1.807) is 17.7 Å². The van der Waals surface area contributed by atoms with Crippen LogP contribution in [0, 0.1) is 6.92 Å². The number of rotatable bonds is 10. The summed E-state index contributed by atoms with van der Waals surface area (Å²) in [7, 11) is 1.56. The van der Waals surface area contributed by atoms with Crippen molar-refractivity contribution in [1.82, 2.24) is 15.2 Å². The largest absolute Gasteiger partial charge is 0.383 e. The van der Waals surface area contributed by atoms with Crippen molar-refractivity contribution in [3.8, 4) is 0 Å². The van der Waals surface area contributed by atoms with Gasteiger partial charge in [0.25, 0.3) is 11.8 Å². The fourth-order valence-corrected chi connectivity index (χ4v) is 3.58. The number of methoxy groups -OCH3 is 1. The summed E-state index contributed by atoms with van der Waals surface area (Å²) in [6.45, 7) is 3.32. The Morgan fingerprint density at radius 2 is 1.65 bits per heavy atom. The fraction of sp³-hybridized carbons (Fsp3) is 0.269. The Balaban J connectivity index is 1.75. The van der Waals surface area contributed by atoms with Crippen LogP contribution >= 0.6 is 11.6 Å². The van der Waals surface area contributed by atoms with Gasteiger partial charge < -0.3 is 19.9 Å². The van der Waals surface area contributed by atoms with Crippen molar-refractivity contribution in [2.75, 3.05) is 20.3 Å². The van der Waals surface area contributed by atoms with Gasteiger partial charge in [-0.2, -0.15) is 0 Å². The molecule has 2 aromatic carbocycles. The molecule has 0 radical (unpaired) electrons. The zero-order valence-corrected chi connectivity index (χ0v) is 20.0. The number of hydrogen-bond donors (Lipinski definition) is 2. The average Bonchev–Trinajstić information content (AvgIpc) is 2.82. The standard InChI is InChI=1S/C26H28ClN3O4/c1-18-6-8-20(9-7-18)15-29-26(33)23-17-30(12-13-34-2)16-22(24(23)31)25(32)28-11-10-19-4-3-5-21(27)14-19/h3-9,14,16-17H,10-13,15H2,1-2H3,(H,28,32)(H,29,33). The number of aromatic nitrogens is 1. The van der Waals surface area contributed by atoms with Crippen molar-refractivity contribution < 1.29 is 14.3 Å². The number of aryl methyl sites for hydroxylation is 1. The Hall–Kier alpha value is -3.42. The minimum absolute atomic E-state index is 0.0919. The molecule has 0 aliphatic rings. The van der Waals surface area contributed by atoms with Gasteiger partial charge in [-0.1, -0.05) is 53.6 Å². The van der Waals surface area contributed by atoms with E-state index in [0.29, 0.717) is 31.1 Å². The maximum absolute atomic E-state index is 13.0. The summed E-state index contributed by atoms with van der Waals surface area (Å²) in [6.07, 6.45) is 3.46. The number of hydrogen-bond acceptors (Lipinski definition) is 4. The molecule has 1 heterocycles. The molecule has 2 N–H and O–H groups in total. The van der Waals surface area contributed by atoms with Gasteiger partial charge in [-0.15, -0.1) is 0 Å². The summed E-state index contributed by atoms with van der Waals surface area (Å²) < 4.78 is 6.73. The highest BCUT2D eigenvalue weighted by molar-refractivity contribution is 6.30. The maximum atomic E-state index is 13.0. The monoisotopic (exact) mass is 481 g/mol. The minimum atomic E-state index is -0.615. The fourth-order valence-electron chi connectivity index (χ4n) is 3.37.